The van der Waals surface area contributed by atoms with Crippen LogP contribution in [0.3, 0.4) is 0 Å². The second-order valence-corrected chi connectivity index (χ2v) is 7.40. The van der Waals surface area contributed by atoms with Crippen LogP contribution in [0, 0.1) is 11.3 Å². The van der Waals surface area contributed by atoms with Gasteiger partial charge in [0, 0.05) is 24.2 Å². The van der Waals surface area contributed by atoms with E-state index in [0.717, 1.165) is 44.5 Å². The van der Waals surface area contributed by atoms with Crippen LogP contribution in [-0.4, -0.2) is 19.1 Å². The number of nitrogens with zero attached hydrogens (tertiary/aromatic N) is 1. The van der Waals surface area contributed by atoms with Gasteiger partial charge in [-0.25, -0.2) is 0 Å². The van der Waals surface area contributed by atoms with Crippen LogP contribution in [-0.2, 0) is 4.79 Å². The average molecular weight is 308 g/mol. The number of hydrogen-bond donors (Lipinski definition) is 0. The highest BCUT2D eigenvalue weighted by Crippen LogP contribution is 2.39. The zero-order chi connectivity index (χ0) is 15.0. The molecule has 3 rings (SSSR count). The van der Waals surface area contributed by atoms with E-state index < -0.39 is 0 Å². The number of esters is 1. The third-order valence-electron chi connectivity index (χ3n) is 4.50. The highest BCUT2D eigenvalue weighted by Gasteiger charge is 2.33. The van der Waals surface area contributed by atoms with Gasteiger partial charge in [-0.05, 0) is 43.2 Å². The standard InChI is InChI=1S/C17H22ClNO2/c1-17(2)7-9-19(10-8-17)14-6-5-13(18)11-15(14)21-16(20)12-3-4-12/h5-6,11-12H,3-4,7-10H2,1-2H3. The van der Waals surface area contributed by atoms with E-state index in [1.54, 1.807) is 6.07 Å². The molecule has 0 bridgehead atoms. The lowest BCUT2D eigenvalue weighted by Crippen LogP contribution is -2.37. The number of benzene rings is 1. The summed E-state index contributed by atoms with van der Waals surface area (Å²) < 4.78 is 5.59. The third-order valence-corrected chi connectivity index (χ3v) is 4.74. The lowest BCUT2D eigenvalue weighted by molar-refractivity contribution is -0.135. The normalized spacial score (nSPS) is 21.2. The predicted molar refractivity (Wildman–Crippen MR) is 85.0 cm³/mol. The Kier molecular flexibility index (Phi) is 3.87. The van der Waals surface area contributed by atoms with Crippen LogP contribution in [0.4, 0.5) is 5.69 Å². The Bertz CT molecular complexity index is 542. The molecule has 0 spiro atoms. The minimum Gasteiger partial charge on any atom is -0.424 e. The molecule has 1 aromatic carbocycles. The lowest BCUT2D eigenvalue weighted by atomic mass is 9.82. The van der Waals surface area contributed by atoms with Gasteiger partial charge >= 0.3 is 5.97 Å². The van der Waals surface area contributed by atoms with Crippen molar-refractivity contribution in [2.24, 2.45) is 11.3 Å². The van der Waals surface area contributed by atoms with Gasteiger partial charge in [0.2, 0.25) is 0 Å². The number of halogens is 1. The Morgan fingerprint density at radius 3 is 2.57 bits per heavy atom. The van der Waals surface area contributed by atoms with Crippen molar-refractivity contribution in [1.82, 2.24) is 0 Å². The summed E-state index contributed by atoms with van der Waals surface area (Å²) in [6.45, 7) is 6.59. The molecule has 1 aromatic rings. The van der Waals surface area contributed by atoms with Crippen molar-refractivity contribution in [2.75, 3.05) is 18.0 Å². The maximum atomic E-state index is 11.9. The molecule has 2 fully saturated rings. The number of ether oxygens (including phenoxy) is 1. The molecule has 1 aliphatic heterocycles. The molecule has 21 heavy (non-hydrogen) atoms. The van der Waals surface area contributed by atoms with Gasteiger partial charge in [-0.3, -0.25) is 4.79 Å². The van der Waals surface area contributed by atoms with E-state index in [0.29, 0.717) is 16.2 Å². The summed E-state index contributed by atoms with van der Waals surface area (Å²) in [5, 5.41) is 0.606. The summed E-state index contributed by atoms with van der Waals surface area (Å²) in [5.74, 6) is 0.590. The molecule has 1 saturated heterocycles. The van der Waals surface area contributed by atoms with Crippen LogP contribution in [0.2, 0.25) is 5.02 Å². The van der Waals surface area contributed by atoms with Gasteiger partial charge in [-0.2, -0.15) is 0 Å². The van der Waals surface area contributed by atoms with E-state index in [1.165, 1.54) is 0 Å². The highest BCUT2D eigenvalue weighted by molar-refractivity contribution is 6.30. The SMILES string of the molecule is CC1(C)CCN(c2ccc(Cl)cc2OC(=O)C2CC2)CC1. The maximum Gasteiger partial charge on any atom is 0.314 e. The molecule has 2 aliphatic rings. The summed E-state index contributed by atoms with van der Waals surface area (Å²) in [5.41, 5.74) is 1.39. The molecule has 1 aliphatic carbocycles. The molecule has 1 saturated carbocycles. The number of hydrogen-bond acceptors (Lipinski definition) is 3. The number of rotatable bonds is 3. The molecule has 0 amide bonds. The Labute approximate surface area is 131 Å². The van der Waals surface area contributed by atoms with E-state index >= 15 is 0 Å². The molecule has 3 nitrogen and oxygen atoms in total. The minimum atomic E-state index is -0.115. The van der Waals surface area contributed by atoms with E-state index in [2.05, 4.69) is 18.7 Å². The van der Waals surface area contributed by atoms with Crippen LogP contribution in [0.1, 0.15) is 39.5 Å². The topological polar surface area (TPSA) is 29.5 Å². The second kappa shape index (κ2) is 5.53. The largest absolute Gasteiger partial charge is 0.424 e. The summed E-state index contributed by atoms with van der Waals surface area (Å²) >= 11 is 6.07. The molecular weight excluding hydrogens is 286 g/mol. The zero-order valence-corrected chi connectivity index (χ0v) is 13.4. The van der Waals surface area contributed by atoms with Gasteiger partial charge in [0.05, 0.1) is 11.6 Å². The summed E-state index contributed by atoms with van der Waals surface area (Å²) in [7, 11) is 0. The Hall–Kier alpha value is -1.22. The minimum absolute atomic E-state index is 0.0946. The van der Waals surface area contributed by atoms with E-state index in [9.17, 15) is 4.79 Å². The molecule has 0 aromatic heterocycles. The highest BCUT2D eigenvalue weighted by atomic mass is 35.5. The van der Waals surface area contributed by atoms with Crippen molar-refractivity contribution in [3.8, 4) is 5.75 Å². The molecule has 4 heteroatoms. The summed E-state index contributed by atoms with van der Waals surface area (Å²) in [6, 6.07) is 5.60. The Balaban J connectivity index is 1.79. The molecule has 114 valence electrons. The van der Waals surface area contributed by atoms with Crippen molar-refractivity contribution < 1.29 is 9.53 Å². The van der Waals surface area contributed by atoms with Crippen molar-refractivity contribution in [3.63, 3.8) is 0 Å². The smallest absolute Gasteiger partial charge is 0.314 e. The molecule has 1 heterocycles. The number of carbonyl (C=O) groups is 1. The monoisotopic (exact) mass is 307 g/mol. The van der Waals surface area contributed by atoms with Crippen molar-refractivity contribution >= 4 is 23.3 Å². The van der Waals surface area contributed by atoms with Gasteiger partial charge in [0.1, 0.15) is 0 Å². The fraction of sp³-hybridized carbons (Fsp3) is 0.588. The average Bonchev–Trinajstić information content (AvgIpc) is 3.24. The first-order valence-corrected chi connectivity index (χ1v) is 8.09. The van der Waals surface area contributed by atoms with E-state index in [4.69, 9.17) is 16.3 Å². The van der Waals surface area contributed by atoms with Gasteiger partial charge in [-0.15, -0.1) is 0 Å². The fourth-order valence-electron chi connectivity index (χ4n) is 2.69. The fourth-order valence-corrected chi connectivity index (χ4v) is 2.86. The maximum absolute atomic E-state index is 11.9. The van der Waals surface area contributed by atoms with Gasteiger partial charge in [0.15, 0.2) is 5.75 Å². The zero-order valence-electron chi connectivity index (χ0n) is 12.7. The Morgan fingerprint density at radius 2 is 1.95 bits per heavy atom. The van der Waals surface area contributed by atoms with Gasteiger partial charge in [-0.1, -0.05) is 25.4 Å². The van der Waals surface area contributed by atoms with Crippen LogP contribution in [0.5, 0.6) is 5.75 Å². The number of carbonyl (C=O) groups excluding carboxylic acids is 1. The number of piperidine rings is 1. The first-order valence-electron chi connectivity index (χ1n) is 7.71. The molecule has 0 unspecified atom stereocenters. The Morgan fingerprint density at radius 1 is 1.29 bits per heavy atom. The van der Waals surface area contributed by atoms with E-state index in [1.807, 2.05) is 12.1 Å². The van der Waals surface area contributed by atoms with Crippen LogP contribution < -0.4 is 9.64 Å². The van der Waals surface area contributed by atoms with Crippen molar-refractivity contribution in [3.05, 3.63) is 23.2 Å². The van der Waals surface area contributed by atoms with Crippen LogP contribution in [0.25, 0.3) is 0 Å². The molecule has 0 atom stereocenters. The first-order chi connectivity index (χ1) is 9.94. The van der Waals surface area contributed by atoms with Crippen molar-refractivity contribution in [2.45, 2.75) is 39.5 Å². The summed E-state index contributed by atoms with van der Waals surface area (Å²) in [6.07, 6.45) is 4.19. The van der Waals surface area contributed by atoms with Gasteiger partial charge < -0.3 is 9.64 Å². The van der Waals surface area contributed by atoms with E-state index in [-0.39, 0.29) is 11.9 Å². The number of anilines is 1. The molecule has 0 N–H and O–H groups in total. The first kappa shape index (κ1) is 14.7. The van der Waals surface area contributed by atoms with Crippen LogP contribution >= 0.6 is 11.6 Å². The predicted octanol–water partition coefficient (Wildman–Crippen LogP) is 4.28. The summed E-state index contributed by atoms with van der Waals surface area (Å²) in [4.78, 5) is 14.2. The quantitative estimate of drug-likeness (QED) is 0.616. The molecular formula is C17H22ClNO2. The van der Waals surface area contributed by atoms with Gasteiger partial charge in [0.25, 0.3) is 0 Å². The third kappa shape index (κ3) is 3.52. The lowest BCUT2D eigenvalue weighted by Gasteiger charge is -2.38. The van der Waals surface area contributed by atoms with Crippen LogP contribution in [0.15, 0.2) is 18.2 Å². The molecule has 0 radical (unpaired) electrons. The van der Waals surface area contributed by atoms with Crippen molar-refractivity contribution in [1.29, 1.82) is 0 Å². The second-order valence-electron chi connectivity index (χ2n) is 6.96.